The third kappa shape index (κ3) is 2.90. The zero-order valence-electron chi connectivity index (χ0n) is 9.22. The Balaban J connectivity index is 2.31. The van der Waals surface area contributed by atoms with Crippen LogP contribution >= 0.6 is 23.2 Å². The Bertz CT molecular complexity index is 431. The van der Waals surface area contributed by atoms with Crippen LogP contribution in [-0.2, 0) is 0 Å². The van der Waals surface area contributed by atoms with E-state index in [-0.39, 0.29) is 10.0 Å². The van der Waals surface area contributed by atoms with Crippen molar-refractivity contribution in [2.24, 2.45) is 16.6 Å². The van der Waals surface area contributed by atoms with Gasteiger partial charge in [-0.2, -0.15) is 0 Å². The number of hydrogen-bond donors (Lipinski definition) is 1. The molecule has 1 fully saturated rings. The van der Waals surface area contributed by atoms with Crippen LogP contribution in [0.4, 0.5) is 10.1 Å². The summed E-state index contributed by atoms with van der Waals surface area (Å²) in [6.45, 7) is 0. The number of nitrogens with two attached hydrogens (primary N) is 1. The molecule has 1 aromatic rings. The minimum absolute atomic E-state index is 0.191. The third-order valence-electron chi connectivity index (χ3n) is 3.00. The van der Waals surface area contributed by atoms with Gasteiger partial charge in [-0.3, -0.25) is 0 Å². The van der Waals surface area contributed by atoms with Gasteiger partial charge < -0.3 is 5.73 Å². The van der Waals surface area contributed by atoms with E-state index in [2.05, 4.69) is 4.99 Å². The van der Waals surface area contributed by atoms with E-state index in [1.54, 1.807) is 0 Å². The quantitative estimate of drug-likeness (QED) is 0.633. The van der Waals surface area contributed by atoms with Gasteiger partial charge in [-0.25, -0.2) is 9.38 Å². The fraction of sp³-hybridized carbons (Fsp3) is 0.417. The van der Waals surface area contributed by atoms with E-state index < -0.39 is 5.82 Å². The normalized spacial score (nSPS) is 17.7. The molecule has 0 aromatic heterocycles. The SMILES string of the molecule is NC(=Nc1c(Cl)cc(F)cc1Cl)C1CCCC1. The average Bonchev–Trinajstić information content (AvgIpc) is 2.76. The van der Waals surface area contributed by atoms with Gasteiger partial charge >= 0.3 is 0 Å². The van der Waals surface area contributed by atoms with Crippen LogP contribution in [0.3, 0.4) is 0 Å². The van der Waals surface area contributed by atoms with Gasteiger partial charge in [-0.15, -0.1) is 0 Å². The molecule has 0 unspecified atom stereocenters. The first-order chi connectivity index (χ1) is 8.08. The summed E-state index contributed by atoms with van der Waals surface area (Å²) in [5.74, 6) is 0.364. The molecule has 0 amide bonds. The van der Waals surface area contributed by atoms with Crippen LogP contribution in [0.25, 0.3) is 0 Å². The molecule has 2 N–H and O–H groups in total. The Kier molecular flexibility index (Phi) is 3.89. The van der Waals surface area contributed by atoms with Gasteiger partial charge in [-0.05, 0) is 25.0 Å². The summed E-state index contributed by atoms with van der Waals surface area (Å²) in [7, 11) is 0. The van der Waals surface area contributed by atoms with E-state index in [4.69, 9.17) is 28.9 Å². The van der Waals surface area contributed by atoms with E-state index in [0.717, 1.165) is 12.8 Å². The summed E-state index contributed by atoms with van der Waals surface area (Å²) in [6.07, 6.45) is 4.44. The predicted octanol–water partition coefficient (Wildman–Crippen LogP) is 4.31. The van der Waals surface area contributed by atoms with Crippen LogP contribution in [-0.4, -0.2) is 5.84 Å². The van der Waals surface area contributed by atoms with Crippen molar-refractivity contribution in [3.63, 3.8) is 0 Å². The molecule has 0 bridgehead atoms. The lowest BCUT2D eigenvalue weighted by atomic mass is 10.1. The van der Waals surface area contributed by atoms with Crippen molar-refractivity contribution in [2.75, 3.05) is 0 Å². The topological polar surface area (TPSA) is 38.4 Å². The maximum atomic E-state index is 13.0. The van der Waals surface area contributed by atoms with E-state index in [0.29, 0.717) is 17.4 Å². The molecule has 1 aromatic carbocycles. The molecule has 1 saturated carbocycles. The van der Waals surface area contributed by atoms with Crippen molar-refractivity contribution in [1.82, 2.24) is 0 Å². The Morgan fingerprint density at radius 2 is 1.76 bits per heavy atom. The zero-order valence-corrected chi connectivity index (χ0v) is 10.7. The average molecular weight is 275 g/mol. The van der Waals surface area contributed by atoms with Gasteiger partial charge in [0.05, 0.1) is 10.0 Å². The lowest BCUT2D eigenvalue weighted by molar-refractivity contribution is 0.628. The van der Waals surface area contributed by atoms with Crippen LogP contribution < -0.4 is 5.73 Å². The first-order valence-electron chi connectivity index (χ1n) is 5.56. The summed E-state index contributed by atoms with van der Waals surface area (Å²) < 4.78 is 13.0. The summed E-state index contributed by atoms with van der Waals surface area (Å²) in [4.78, 5) is 4.25. The fourth-order valence-corrected chi connectivity index (χ4v) is 2.63. The van der Waals surface area contributed by atoms with Crippen molar-refractivity contribution >= 4 is 34.7 Å². The van der Waals surface area contributed by atoms with Crippen LogP contribution in [0.1, 0.15) is 25.7 Å². The predicted molar refractivity (Wildman–Crippen MR) is 69.7 cm³/mol. The summed E-state index contributed by atoms with van der Waals surface area (Å²) in [6, 6.07) is 2.38. The van der Waals surface area contributed by atoms with Gasteiger partial charge in [0.25, 0.3) is 0 Å². The highest BCUT2D eigenvalue weighted by Crippen LogP contribution is 2.35. The monoisotopic (exact) mass is 274 g/mol. The summed E-state index contributed by atoms with van der Waals surface area (Å²) in [5, 5.41) is 0.381. The molecule has 1 aliphatic carbocycles. The number of rotatable bonds is 2. The van der Waals surface area contributed by atoms with Crippen molar-refractivity contribution in [1.29, 1.82) is 0 Å². The smallest absolute Gasteiger partial charge is 0.126 e. The highest BCUT2D eigenvalue weighted by molar-refractivity contribution is 6.38. The number of halogens is 3. The molecule has 0 heterocycles. The lowest BCUT2D eigenvalue weighted by Crippen LogP contribution is -2.20. The third-order valence-corrected chi connectivity index (χ3v) is 3.57. The van der Waals surface area contributed by atoms with E-state index >= 15 is 0 Å². The van der Waals surface area contributed by atoms with E-state index in [1.807, 2.05) is 0 Å². The molecule has 17 heavy (non-hydrogen) atoms. The number of aliphatic imine (C=N–C) groups is 1. The molecule has 0 aliphatic heterocycles. The van der Waals surface area contributed by atoms with Crippen LogP contribution in [0, 0.1) is 11.7 Å². The minimum Gasteiger partial charge on any atom is -0.387 e. The van der Waals surface area contributed by atoms with E-state index in [9.17, 15) is 4.39 Å². The van der Waals surface area contributed by atoms with Crippen LogP contribution in [0.2, 0.25) is 10.0 Å². The highest BCUT2D eigenvalue weighted by Gasteiger charge is 2.19. The Morgan fingerprint density at radius 3 is 2.29 bits per heavy atom. The maximum Gasteiger partial charge on any atom is 0.126 e. The number of amidine groups is 1. The van der Waals surface area contributed by atoms with Crippen molar-refractivity contribution in [3.05, 3.63) is 28.0 Å². The zero-order chi connectivity index (χ0) is 12.4. The van der Waals surface area contributed by atoms with Gasteiger partial charge in [0.2, 0.25) is 0 Å². The lowest BCUT2D eigenvalue weighted by Gasteiger charge is -2.09. The Labute approximate surface area is 110 Å². The second-order valence-corrected chi connectivity index (χ2v) is 5.05. The van der Waals surface area contributed by atoms with Crippen LogP contribution in [0.5, 0.6) is 0 Å². The molecule has 0 atom stereocenters. The van der Waals surface area contributed by atoms with Gasteiger partial charge in [0.1, 0.15) is 17.3 Å². The largest absolute Gasteiger partial charge is 0.387 e. The molecule has 1 aliphatic rings. The summed E-state index contributed by atoms with van der Waals surface area (Å²) >= 11 is 11.8. The summed E-state index contributed by atoms with van der Waals surface area (Å²) in [5.41, 5.74) is 6.29. The molecular weight excluding hydrogens is 262 g/mol. The first-order valence-corrected chi connectivity index (χ1v) is 6.32. The maximum absolute atomic E-state index is 13.0. The van der Waals surface area contributed by atoms with Crippen molar-refractivity contribution < 1.29 is 4.39 Å². The van der Waals surface area contributed by atoms with Gasteiger partial charge in [0.15, 0.2) is 0 Å². The molecule has 5 heteroatoms. The van der Waals surface area contributed by atoms with Gasteiger partial charge in [0, 0.05) is 5.92 Å². The number of benzene rings is 1. The second kappa shape index (κ2) is 5.23. The molecule has 2 nitrogen and oxygen atoms in total. The molecule has 92 valence electrons. The molecule has 0 radical (unpaired) electrons. The number of hydrogen-bond acceptors (Lipinski definition) is 1. The highest BCUT2D eigenvalue weighted by atomic mass is 35.5. The van der Waals surface area contributed by atoms with Gasteiger partial charge in [-0.1, -0.05) is 36.0 Å². The van der Waals surface area contributed by atoms with Crippen LogP contribution in [0.15, 0.2) is 17.1 Å². The number of nitrogens with zero attached hydrogens (tertiary/aromatic N) is 1. The first kappa shape index (κ1) is 12.7. The molecular formula is C12H13Cl2FN2. The molecule has 0 saturated heterocycles. The fourth-order valence-electron chi connectivity index (χ4n) is 2.08. The standard InChI is InChI=1S/C12H13Cl2FN2/c13-9-5-8(15)6-10(14)11(9)17-12(16)7-3-1-2-4-7/h5-7H,1-4H2,(H2,16,17). The molecule has 2 rings (SSSR count). The Morgan fingerprint density at radius 1 is 1.24 bits per heavy atom. The van der Waals surface area contributed by atoms with E-state index in [1.165, 1.54) is 25.0 Å². The Hall–Kier alpha value is -0.800. The minimum atomic E-state index is -0.474. The second-order valence-electron chi connectivity index (χ2n) is 4.24. The molecule has 0 spiro atoms. The van der Waals surface area contributed by atoms with Crippen molar-refractivity contribution in [2.45, 2.75) is 25.7 Å². The van der Waals surface area contributed by atoms with Crippen molar-refractivity contribution in [3.8, 4) is 0 Å².